The molecule has 4 nitrogen and oxygen atoms in total. The second kappa shape index (κ2) is 8.49. The number of aliphatic imine (C=N–C) groups is 1. The topological polar surface area (TPSA) is 55.7 Å². The van der Waals surface area contributed by atoms with E-state index in [0.717, 1.165) is 12.1 Å². The molecule has 1 heterocycles. The van der Waals surface area contributed by atoms with Gasteiger partial charge in [0.25, 0.3) is 0 Å². The van der Waals surface area contributed by atoms with Gasteiger partial charge in [0.1, 0.15) is 23.8 Å². The standard InChI is InChI=1S/C15H13F7N2O2S2/c1-8-4-9(16)10(5-11(8)28(26)3-2-14(17,18)19)23-13-24(7-15(20,21)22)12(25)6-27-13/h4-5H,2-3,6-7H2,1H3. The highest BCUT2D eigenvalue weighted by Gasteiger charge is 2.39. The third-order valence-corrected chi connectivity index (χ3v) is 5.94. The van der Waals surface area contributed by atoms with Gasteiger partial charge in [-0.3, -0.25) is 9.69 Å². The van der Waals surface area contributed by atoms with Crippen LogP contribution in [-0.4, -0.2) is 50.9 Å². The number of alkyl halides is 6. The van der Waals surface area contributed by atoms with Gasteiger partial charge >= 0.3 is 12.4 Å². The van der Waals surface area contributed by atoms with Crippen molar-refractivity contribution in [1.82, 2.24) is 4.90 Å². The molecule has 0 aliphatic carbocycles. The van der Waals surface area contributed by atoms with Crippen LogP contribution in [-0.2, 0) is 16.0 Å². The molecule has 1 unspecified atom stereocenters. The average molecular weight is 450 g/mol. The Morgan fingerprint density at radius 3 is 2.43 bits per heavy atom. The lowest BCUT2D eigenvalue weighted by atomic mass is 10.2. The third-order valence-electron chi connectivity index (χ3n) is 3.47. The van der Waals surface area contributed by atoms with Gasteiger partial charge < -0.3 is 4.55 Å². The summed E-state index contributed by atoms with van der Waals surface area (Å²) in [5.41, 5.74) is -0.394. The van der Waals surface area contributed by atoms with Gasteiger partial charge in [-0.05, 0) is 24.2 Å². The molecule has 0 N–H and O–H groups in total. The van der Waals surface area contributed by atoms with Crippen LogP contribution in [0.2, 0.25) is 0 Å². The zero-order chi connectivity index (χ0) is 21.3. The Labute approximate surface area is 162 Å². The second-order valence-corrected chi connectivity index (χ2v) is 8.24. The van der Waals surface area contributed by atoms with E-state index >= 15 is 0 Å². The van der Waals surface area contributed by atoms with Crippen LogP contribution in [0.25, 0.3) is 0 Å². The molecule has 1 atom stereocenters. The lowest BCUT2D eigenvalue weighted by molar-refractivity contribution is -0.150. The first-order chi connectivity index (χ1) is 12.8. The maximum absolute atomic E-state index is 14.2. The quantitative estimate of drug-likeness (QED) is 0.496. The largest absolute Gasteiger partial charge is 0.611 e. The first kappa shape index (κ1) is 22.8. The molecule has 1 amide bonds. The van der Waals surface area contributed by atoms with Crippen LogP contribution in [0.5, 0.6) is 0 Å². The molecule has 1 saturated heterocycles. The highest BCUT2D eigenvalue weighted by Crippen LogP contribution is 2.32. The minimum Gasteiger partial charge on any atom is -0.611 e. The van der Waals surface area contributed by atoms with Crippen LogP contribution in [0.3, 0.4) is 0 Å². The molecule has 1 aliphatic heterocycles. The van der Waals surface area contributed by atoms with Crippen LogP contribution in [0.15, 0.2) is 22.0 Å². The summed E-state index contributed by atoms with van der Waals surface area (Å²) in [5.74, 6) is -2.89. The van der Waals surface area contributed by atoms with Crippen molar-refractivity contribution in [1.29, 1.82) is 0 Å². The first-order valence-corrected chi connectivity index (χ1v) is 9.91. The zero-order valence-corrected chi connectivity index (χ0v) is 15.8. The smallest absolute Gasteiger partial charge is 0.406 e. The van der Waals surface area contributed by atoms with Crippen molar-refractivity contribution in [3.05, 3.63) is 23.5 Å². The highest BCUT2D eigenvalue weighted by molar-refractivity contribution is 8.15. The normalized spacial score (nSPS) is 18.2. The number of benzene rings is 1. The Balaban J connectivity index is 2.32. The van der Waals surface area contributed by atoms with Crippen molar-refractivity contribution in [2.75, 3.05) is 18.1 Å². The predicted molar refractivity (Wildman–Crippen MR) is 90.4 cm³/mol. The molecule has 0 saturated carbocycles. The van der Waals surface area contributed by atoms with E-state index in [1.165, 1.54) is 6.92 Å². The SMILES string of the molecule is Cc1cc(F)c(N=C2SCC(=O)N2CC(F)(F)F)cc1[S+]([O-])CCC(F)(F)F. The van der Waals surface area contributed by atoms with Crippen molar-refractivity contribution in [3.8, 4) is 0 Å². The van der Waals surface area contributed by atoms with Crippen LogP contribution in [0.4, 0.5) is 36.4 Å². The number of nitrogens with zero attached hydrogens (tertiary/aromatic N) is 2. The molecule has 0 aromatic heterocycles. The van der Waals surface area contributed by atoms with Crippen LogP contribution < -0.4 is 0 Å². The number of thioether (sulfide) groups is 1. The molecule has 1 fully saturated rings. The summed E-state index contributed by atoms with van der Waals surface area (Å²) in [5, 5.41) is -0.392. The monoisotopic (exact) mass is 450 g/mol. The van der Waals surface area contributed by atoms with Crippen LogP contribution in [0.1, 0.15) is 12.0 Å². The van der Waals surface area contributed by atoms with Gasteiger partial charge in [-0.2, -0.15) is 26.3 Å². The van der Waals surface area contributed by atoms with Crippen molar-refractivity contribution in [2.45, 2.75) is 30.6 Å². The van der Waals surface area contributed by atoms with E-state index in [4.69, 9.17) is 0 Å². The summed E-state index contributed by atoms with van der Waals surface area (Å²) in [6.07, 6.45) is -10.5. The van der Waals surface area contributed by atoms with Gasteiger partial charge in [0.15, 0.2) is 10.1 Å². The molecule has 28 heavy (non-hydrogen) atoms. The Bertz CT molecular complexity index is 781. The number of hydrogen-bond donors (Lipinski definition) is 0. The van der Waals surface area contributed by atoms with Gasteiger partial charge in [0.2, 0.25) is 5.91 Å². The van der Waals surface area contributed by atoms with E-state index in [-0.39, 0.29) is 16.2 Å². The molecular formula is C15H13F7N2O2S2. The Kier molecular flexibility index (Phi) is 6.92. The van der Waals surface area contributed by atoms with Gasteiger partial charge in [-0.1, -0.05) is 11.8 Å². The van der Waals surface area contributed by atoms with Crippen LogP contribution in [0, 0.1) is 12.7 Å². The molecular weight excluding hydrogens is 437 g/mol. The number of rotatable bonds is 5. The number of carbonyl (C=O) groups is 1. The Morgan fingerprint density at radius 1 is 1.21 bits per heavy atom. The lowest BCUT2D eigenvalue weighted by Crippen LogP contribution is -2.38. The van der Waals surface area contributed by atoms with E-state index < -0.39 is 64.8 Å². The van der Waals surface area contributed by atoms with E-state index in [1.807, 2.05) is 0 Å². The van der Waals surface area contributed by atoms with Gasteiger partial charge in [0.05, 0.1) is 12.2 Å². The molecule has 1 aliphatic rings. The number of amidine groups is 1. The van der Waals surface area contributed by atoms with E-state index in [1.54, 1.807) is 0 Å². The molecule has 0 spiro atoms. The summed E-state index contributed by atoms with van der Waals surface area (Å²) in [6.45, 7) is -0.264. The van der Waals surface area contributed by atoms with Gasteiger partial charge in [-0.25, -0.2) is 9.38 Å². The summed E-state index contributed by atoms with van der Waals surface area (Å²) in [7, 11) is 0. The average Bonchev–Trinajstić information content (AvgIpc) is 2.86. The number of hydrogen-bond acceptors (Lipinski definition) is 4. The lowest BCUT2D eigenvalue weighted by Gasteiger charge is -2.18. The number of carbonyl (C=O) groups excluding carboxylic acids is 1. The first-order valence-electron chi connectivity index (χ1n) is 7.61. The van der Waals surface area contributed by atoms with E-state index in [0.29, 0.717) is 16.7 Å². The van der Waals surface area contributed by atoms with Gasteiger partial charge in [-0.15, -0.1) is 0 Å². The molecule has 2 rings (SSSR count). The highest BCUT2D eigenvalue weighted by atomic mass is 32.2. The summed E-state index contributed by atoms with van der Waals surface area (Å²) in [6, 6.07) is 1.81. The van der Waals surface area contributed by atoms with Crippen molar-refractivity contribution < 1.29 is 40.1 Å². The fourth-order valence-corrected chi connectivity index (χ4v) is 4.40. The van der Waals surface area contributed by atoms with Crippen molar-refractivity contribution in [2.24, 2.45) is 4.99 Å². The minimum atomic E-state index is -4.70. The summed E-state index contributed by atoms with van der Waals surface area (Å²) >= 11 is -1.45. The number of aryl methyl sites for hydroxylation is 1. The fourth-order valence-electron chi connectivity index (χ4n) is 2.21. The van der Waals surface area contributed by atoms with Crippen LogP contribution >= 0.6 is 11.8 Å². The number of amides is 1. The molecule has 1 aromatic rings. The minimum absolute atomic E-state index is 0.110. The maximum atomic E-state index is 14.2. The maximum Gasteiger partial charge on any atom is 0.406 e. The Hall–Kier alpha value is -1.47. The molecule has 156 valence electrons. The molecule has 1 aromatic carbocycles. The van der Waals surface area contributed by atoms with Crippen molar-refractivity contribution >= 4 is 39.7 Å². The fraction of sp³-hybridized carbons (Fsp3) is 0.467. The third kappa shape index (κ3) is 6.27. The van der Waals surface area contributed by atoms with E-state index in [9.17, 15) is 40.1 Å². The van der Waals surface area contributed by atoms with Gasteiger partial charge in [0, 0.05) is 11.6 Å². The summed E-state index contributed by atoms with van der Waals surface area (Å²) < 4.78 is 101. The summed E-state index contributed by atoms with van der Waals surface area (Å²) in [4.78, 5) is 15.6. The Morgan fingerprint density at radius 2 is 1.86 bits per heavy atom. The van der Waals surface area contributed by atoms with Crippen molar-refractivity contribution in [3.63, 3.8) is 0 Å². The molecule has 0 radical (unpaired) electrons. The second-order valence-electron chi connectivity index (χ2n) is 5.76. The van der Waals surface area contributed by atoms with E-state index in [2.05, 4.69) is 4.99 Å². The molecule has 13 heteroatoms. The number of halogens is 7. The predicted octanol–water partition coefficient (Wildman–Crippen LogP) is 4.32. The molecule has 0 bridgehead atoms. The zero-order valence-electron chi connectivity index (χ0n) is 14.2.